The number of hydrogen-bond donors (Lipinski definition) is 2. The number of rotatable bonds is 3. The summed E-state index contributed by atoms with van der Waals surface area (Å²) in [4.78, 5) is 15.8. The molecule has 1 aromatic rings. The zero-order chi connectivity index (χ0) is 11.6. The van der Waals surface area contributed by atoms with Crippen molar-refractivity contribution in [2.24, 2.45) is 0 Å². The minimum absolute atomic E-state index is 0.00580. The largest absolute Gasteiger partial charge is 0.481 e. The molecule has 0 aromatic carbocycles. The summed E-state index contributed by atoms with van der Waals surface area (Å²) in [6.07, 6.45) is -0.00580. The number of aromatic nitrogens is 1. The minimum atomic E-state index is -0.842. The molecule has 0 spiro atoms. The lowest BCUT2D eigenvalue weighted by Crippen LogP contribution is -2.25. The van der Waals surface area contributed by atoms with Gasteiger partial charge in [-0.15, -0.1) is 11.3 Å². The van der Waals surface area contributed by atoms with Gasteiger partial charge in [0.05, 0.1) is 12.1 Å². The third-order valence-corrected chi connectivity index (χ3v) is 2.62. The molecule has 84 valence electrons. The number of nitrogens with one attached hydrogen (secondary N) is 1. The number of aryl methyl sites for hydroxylation is 1. The smallest absolute Gasteiger partial charge is 0.309 e. The maximum absolute atomic E-state index is 10.6. The Bertz CT molecular complexity index is 366. The molecule has 0 aliphatic heterocycles. The van der Waals surface area contributed by atoms with Crippen molar-refractivity contribution in [1.82, 2.24) is 4.98 Å². The standard InChI is InChI=1S/C10H16N2O2S/c1-6-7(5-8(13)14)11-9(15-6)12-10(2,3)4/h5H2,1-4H3,(H,11,12)(H,13,14). The van der Waals surface area contributed by atoms with Gasteiger partial charge in [-0.05, 0) is 27.7 Å². The Morgan fingerprint density at radius 2 is 2.13 bits per heavy atom. The first-order valence-corrected chi connectivity index (χ1v) is 5.56. The number of anilines is 1. The number of thiazole rings is 1. The summed E-state index contributed by atoms with van der Waals surface area (Å²) >= 11 is 1.50. The summed E-state index contributed by atoms with van der Waals surface area (Å²) in [5.74, 6) is -0.842. The van der Waals surface area contributed by atoms with Crippen LogP contribution >= 0.6 is 11.3 Å². The van der Waals surface area contributed by atoms with E-state index in [9.17, 15) is 4.79 Å². The second kappa shape index (κ2) is 4.18. The van der Waals surface area contributed by atoms with Crippen LogP contribution in [0.15, 0.2) is 0 Å². The Kier molecular flexibility index (Phi) is 3.34. The average Bonchev–Trinajstić information content (AvgIpc) is 2.26. The SMILES string of the molecule is Cc1sc(NC(C)(C)C)nc1CC(=O)O. The van der Waals surface area contributed by atoms with E-state index < -0.39 is 5.97 Å². The van der Waals surface area contributed by atoms with Gasteiger partial charge in [-0.25, -0.2) is 4.98 Å². The van der Waals surface area contributed by atoms with Crippen LogP contribution < -0.4 is 5.32 Å². The first-order chi connectivity index (χ1) is 6.78. The second-order valence-corrected chi connectivity index (χ2v) is 5.67. The van der Waals surface area contributed by atoms with Crippen molar-refractivity contribution in [3.8, 4) is 0 Å². The van der Waals surface area contributed by atoms with Crippen molar-refractivity contribution in [2.75, 3.05) is 5.32 Å². The fourth-order valence-corrected chi connectivity index (χ4v) is 2.15. The third kappa shape index (κ3) is 3.87. The molecule has 1 rings (SSSR count). The first-order valence-electron chi connectivity index (χ1n) is 4.74. The lowest BCUT2D eigenvalue weighted by Gasteiger charge is -2.19. The van der Waals surface area contributed by atoms with Crippen molar-refractivity contribution in [2.45, 2.75) is 39.7 Å². The maximum atomic E-state index is 10.6. The van der Waals surface area contributed by atoms with Gasteiger partial charge in [0.1, 0.15) is 0 Å². The second-order valence-electron chi connectivity index (χ2n) is 4.47. The molecule has 0 atom stereocenters. The van der Waals surface area contributed by atoms with Gasteiger partial charge in [0.25, 0.3) is 0 Å². The number of carboxylic acid groups (broad SMARTS) is 1. The number of nitrogens with zero attached hydrogens (tertiary/aromatic N) is 1. The summed E-state index contributed by atoms with van der Waals surface area (Å²) in [6.45, 7) is 8.02. The third-order valence-electron chi connectivity index (χ3n) is 1.69. The lowest BCUT2D eigenvalue weighted by atomic mass is 10.1. The quantitative estimate of drug-likeness (QED) is 0.833. The predicted octanol–water partition coefficient (Wildman–Crippen LogP) is 2.29. The van der Waals surface area contributed by atoms with Gasteiger partial charge in [0, 0.05) is 10.4 Å². The molecule has 0 amide bonds. The van der Waals surface area contributed by atoms with Crippen molar-refractivity contribution in [3.63, 3.8) is 0 Å². The average molecular weight is 228 g/mol. The van der Waals surface area contributed by atoms with Gasteiger partial charge in [0.2, 0.25) is 0 Å². The molecule has 4 nitrogen and oxygen atoms in total. The Labute approximate surface area is 93.4 Å². The van der Waals surface area contributed by atoms with Gasteiger partial charge in [-0.1, -0.05) is 0 Å². The summed E-state index contributed by atoms with van der Waals surface area (Å²) < 4.78 is 0. The summed E-state index contributed by atoms with van der Waals surface area (Å²) in [5.41, 5.74) is 0.601. The molecule has 2 N–H and O–H groups in total. The first kappa shape index (κ1) is 12.0. The van der Waals surface area contributed by atoms with Gasteiger partial charge in [0.15, 0.2) is 5.13 Å². The highest BCUT2D eigenvalue weighted by molar-refractivity contribution is 7.15. The molecule has 15 heavy (non-hydrogen) atoms. The van der Waals surface area contributed by atoms with E-state index >= 15 is 0 Å². The van der Waals surface area contributed by atoms with E-state index in [4.69, 9.17) is 5.11 Å². The molecule has 5 heteroatoms. The van der Waals surface area contributed by atoms with Crippen LogP contribution in [0.2, 0.25) is 0 Å². The van der Waals surface area contributed by atoms with Gasteiger partial charge in [-0.2, -0.15) is 0 Å². The highest BCUT2D eigenvalue weighted by atomic mass is 32.1. The summed E-state index contributed by atoms with van der Waals surface area (Å²) in [5, 5.41) is 12.7. The van der Waals surface area contributed by atoms with E-state index in [1.807, 2.05) is 27.7 Å². The number of carbonyl (C=O) groups is 1. The Morgan fingerprint density at radius 1 is 1.53 bits per heavy atom. The monoisotopic (exact) mass is 228 g/mol. The van der Waals surface area contributed by atoms with Crippen molar-refractivity contribution in [3.05, 3.63) is 10.6 Å². The Morgan fingerprint density at radius 3 is 2.60 bits per heavy atom. The van der Waals surface area contributed by atoms with E-state index in [1.165, 1.54) is 11.3 Å². The number of hydrogen-bond acceptors (Lipinski definition) is 4. The van der Waals surface area contributed by atoms with E-state index in [2.05, 4.69) is 10.3 Å². The highest BCUT2D eigenvalue weighted by Crippen LogP contribution is 2.24. The van der Waals surface area contributed by atoms with Crippen LogP contribution in [-0.4, -0.2) is 21.6 Å². The fourth-order valence-electron chi connectivity index (χ4n) is 1.11. The minimum Gasteiger partial charge on any atom is -0.481 e. The predicted molar refractivity (Wildman–Crippen MR) is 61.6 cm³/mol. The van der Waals surface area contributed by atoms with Gasteiger partial charge < -0.3 is 10.4 Å². The fraction of sp³-hybridized carbons (Fsp3) is 0.600. The molecule has 0 unspecified atom stereocenters. The molecule has 0 bridgehead atoms. The molecule has 0 saturated heterocycles. The van der Waals surface area contributed by atoms with Crippen LogP contribution in [0.3, 0.4) is 0 Å². The van der Waals surface area contributed by atoms with E-state index in [0.29, 0.717) is 5.69 Å². The van der Waals surface area contributed by atoms with Crippen LogP contribution in [0.4, 0.5) is 5.13 Å². The van der Waals surface area contributed by atoms with Crippen LogP contribution in [0.5, 0.6) is 0 Å². The maximum Gasteiger partial charge on any atom is 0.309 e. The van der Waals surface area contributed by atoms with E-state index in [-0.39, 0.29) is 12.0 Å². The highest BCUT2D eigenvalue weighted by Gasteiger charge is 2.15. The van der Waals surface area contributed by atoms with Crippen molar-refractivity contribution < 1.29 is 9.90 Å². The van der Waals surface area contributed by atoms with Gasteiger partial charge in [-0.3, -0.25) is 4.79 Å². The van der Waals surface area contributed by atoms with E-state index in [1.54, 1.807) is 0 Å². The van der Waals surface area contributed by atoms with E-state index in [0.717, 1.165) is 10.0 Å². The number of aliphatic carboxylic acids is 1. The number of carboxylic acids is 1. The zero-order valence-electron chi connectivity index (χ0n) is 9.42. The Hall–Kier alpha value is -1.10. The van der Waals surface area contributed by atoms with Crippen LogP contribution in [0.25, 0.3) is 0 Å². The van der Waals surface area contributed by atoms with Gasteiger partial charge >= 0.3 is 5.97 Å². The molecule has 0 radical (unpaired) electrons. The van der Waals surface area contributed by atoms with Crippen LogP contribution in [0, 0.1) is 6.92 Å². The molecule has 0 aliphatic carbocycles. The molecule has 0 saturated carbocycles. The summed E-state index contributed by atoms with van der Waals surface area (Å²) in [7, 11) is 0. The normalized spacial score (nSPS) is 11.5. The molecule has 0 aliphatic rings. The molecular formula is C10H16N2O2S. The zero-order valence-corrected chi connectivity index (χ0v) is 10.2. The van der Waals surface area contributed by atoms with Crippen LogP contribution in [-0.2, 0) is 11.2 Å². The topological polar surface area (TPSA) is 62.2 Å². The molecular weight excluding hydrogens is 212 g/mol. The molecule has 1 heterocycles. The molecule has 1 aromatic heterocycles. The van der Waals surface area contributed by atoms with Crippen molar-refractivity contribution in [1.29, 1.82) is 0 Å². The van der Waals surface area contributed by atoms with Crippen LogP contribution in [0.1, 0.15) is 31.3 Å². The molecule has 0 fully saturated rings. The Balaban J connectivity index is 2.81. The summed E-state index contributed by atoms with van der Waals surface area (Å²) in [6, 6.07) is 0. The van der Waals surface area contributed by atoms with Crippen molar-refractivity contribution >= 4 is 22.4 Å². The lowest BCUT2D eigenvalue weighted by molar-refractivity contribution is -0.136.